The standard InChI is InChI=1S/C16H16N4O/c1-11-5-4-8-20(10-11)13-9-15(21)19(3)12-6-7-14(17-2)18-16(12)13/h5-7,9H,4,8,10H2,1,3H3. The second kappa shape index (κ2) is 5.06. The average Bonchev–Trinajstić information content (AvgIpc) is 2.50. The molecule has 2 aromatic rings. The molecule has 0 bridgehead atoms. The van der Waals surface area contributed by atoms with E-state index in [-0.39, 0.29) is 5.56 Å². The minimum absolute atomic E-state index is 0.0536. The lowest BCUT2D eigenvalue weighted by Crippen LogP contribution is -2.31. The fourth-order valence-electron chi connectivity index (χ4n) is 2.72. The third-order valence-electron chi connectivity index (χ3n) is 3.84. The molecular formula is C16H16N4O. The number of nitrogens with zero attached hydrogens (tertiary/aromatic N) is 4. The lowest BCUT2D eigenvalue weighted by atomic mass is 10.1. The predicted molar refractivity (Wildman–Crippen MR) is 83.8 cm³/mol. The Morgan fingerprint density at radius 1 is 1.38 bits per heavy atom. The third kappa shape index (κ3) is 2.29. The van der Waals surface area contributed by atoms with E-state index in [2.05, 4.69) is 27.7 Å². The van der Waals surface area contributed by atoms with Crippen molar-refractivity contribution in [2.24, 2.45) is 7.05 Å². The van der Waals surface area contributed by atoms with E-state index in [1.807, 2.05) is 0 Å². The Labute approximate surface area is 123 Å². The van der Waals surface area contributed by atoms with Gasteiger partial charge in [0.2, 0.25) is 5.52 Å². The zero-order valence-corrected chi connectivity index (χ0v) is 12.1. The van der Waals surface area contributed by atoms with Crippen LogP contribution < -0.4 is 10.5 Å². The molecular weight excluding hydrogens is 264 g/mol. The molecule has 0 N–H and O–H groups in total. The van der Waals surface area contributed by atoms with E-state index in [1.165, 1.54) is 5.57 Å². The van der Waals surface area contributed by atoms with Gasteiger partial charge in [-0.1, -0.05) is 18.2 Å². The Morgan fingerprint density at radius 3 is 2.90 bits per heavy atom. The number of aryl methyl sites for hydroxylation is 1. The zero-order chi connectivity index (χ0) is 15.0. The van der Waals surface area contributed by atoms with Gasteiger partial charge in [0.25, 0.3) is 11.4 Å². The number of hydrogen-bond donors (Lipinski definition) is 0. The van der Waals surface area contributed by atoms with Crippen molar-refractivity contribution >= 4 is 22.5 Å². The highest BCUT2D eigenvalue weighted by Gasteiger charge is 2.19. The van der Waals surface area contributed by atoms with E-state index in [0.29, 0.717) is 5.82 Å². The number of pyridine rings is 2. The highest BCUT2D eigenvalue weighted by molar-refractivity contribution is 5.89. The highest BCUT2D eigenvalue weighted by Crippen LogP contribution is 2.27. The average molecular weight is 280 g/mol. The summed E-state index contributed by atoms with van der Waals surface area (Å²) in [5, 5.41) is 0. The summed E-state index contributed by atoms with van der Waals surface area (Å²) in [4.78, 5) is 22.1. The number of anilines is 1. The molecule has 21 heavy (non-hydrogen) atoms. The van der Waals surface area contributed by atoms with Gasteiger partial charge < -0.3 is 14.3 Å². The normalized spacial score (nSPS) is 14.9. The molecule has 0 aromatic carbocycles. The first kappa shape index (κ1) is 13.4. The monoisotopic (exact) mass is 280 g/mol. The predicted octanol–water partition coefficient (Wildman–Crippen LogP) is 2.64. The van der Waals surface area contributed by atoms with Crippen LogP contribution >= 0.6 is 0 Å². The maximum absolute atomic E-state index is 12.2. The molecule has 0 saturated carbocycles. The first-order valence-electron chi connectivity index (χ1n) is 6.89. The highest BCUT2D eigenvalue weighted by atomic mass is 16.1. The Bertz CT molecular complexity index is 842. The van der Waals surface area contributed by atoms with Crippen LogP contribution in [-0.2, 0) is 7.05 Å². The molecule has 0 aliphatic carbocycles. The number of hydrogen-bond acceptors (Lipinski definition) is 3. The molecule has 1 aliphatic rings. The van der Waals surface area contributed by atoms with Crippen LogP contribution in [0.3, 0.4) is 0 Å². The maximum Gasteiger partial charge on any atom is 0.270 e. The summed E-state index contributed by atoms with van der Waals surface area (Å²) in [7, 11) is 1.73. The van der Waals surface area contributed by atoms with Gasteiger partial charge in [-0.15, -0.1) is 4.98 Å². The fourth-order valence-corrected chi connectivity index (χ4v) is 2.72. The van der Waals surface area contributed by atoms with Crippen LogP contribution in [0.5, 0.6) is 0 Å². The van der Waals surface area contributed by atoms with Crippen LogP contribution in [0.25, 0.3) is 15.9 Å². The summed E-state index contributed by atoms with van der Waals surface area (Å²) in [6.07, 6.45) is 3.18. The van der Waals surface area contributed by atoms with Gasteiger partial charge in [-0.2, -0.15) is 0 Å². The van der Waals surface area contributed by atoms with E-state index in [9.17, 15) is 4.79 Å². The number of rotatable bonds is 1. The Kier molecular flexibility index (Phi) is 3.22. The molecule has 0 amide bonds. The van der Waals surface area contributed by atoms with Crippen LogP contribution in [0.1, 0.15) is 13.3 Å². The van der Waals surface area contributed by atoms with Gasteiger partial charge in [-0.25, -0.2) is 0 Å². The molecule has 3 rings (SSSR count). The summed E-state index contributed by atoms with van der Waals surface area (Å²) in [5.41, 5.74) is 3.54. The summed E-state index contributed by atoms with van der Waals surface area (Å²) in [6, 6.07) is 5.08. The lowest BCUT2D eigenvalue weighted by molar-refractivity contribution is 0.788. The number of aromatic nitrogens is 2. The molecule has 0 fully saturated rings. The van der Waals surface area contributed by atoms with Gasteiger partial charge in [0.15, 0.2) is 0 Å². The van der Waals surface area contributed by atoms with E-state index in [4.69, 9.17) is 6.57 Å². The van der Waals surface area contributed by atoms with E-state index >= 15 is 0 Å². The zero-order valence-electron chi connectivity index (χ0n) is 12.1. The molecule has 0 spiro atoms. The van der Waals surface area contributed by atoms with Crippen LogP contribution in [0.15, 0.2) is 34.6 Å². The van der Waals surface area contributed by atoms with Crippen molar-refractivity contribution in [1.29, 1.82) is 0 Å². The summed E-state index contributed by atoms with van der Waals surface area (Å²) in [5.74, 6) is 0.353. The lowest BCUT2D eigenvalue weighted by Gasteiger charge is -2.28. The van der Waals surface area contributed by atoms with Crippen LogP contribution in [0, 0.1) is 6.57 Å². The van der Waals surface area contributed by atoms with Crippen molar-refractivity contribution in [3.8, 4) is 0 Å². The van der Waals surface area contributed by atoms with Crippen molar-refractivity contribution < 1.29 is 0 Å². The van der Waals surface area contributed by atoms with Gasteiger partial charge >= 0.3 is 0 Å². The van der Waals surface area contributed by atoms with E-state index < -0.39 is 0 Å². The maximum atomic E-state index is 12.2. The smallest absolute Gasteiger partial charge is 0.270 e. The molecule has 2 aromatic heterocycles. The second-order valence-electron chi connectivity index (χ2n) is 5.34. The topological polar surface area (TPSA) is 42.5 Å². The van der Waals surface area contributed by atoms with Crippen molar-refractivity contribution in [3.63, 3.8) is 0 Å². The van der Waals surface area contributed by atoms with Crippen molar-refractivity contribution in [3.05, 3.63) is 51.6 Å². The molecule has 0 unspecified atom stereocenters. The van der Waals surface area contributed by atoms with E-state index in [0.717, 1.165) is 36.2 Å². The molecule has 106 valence electrons. The third-order valence-corrected chi connectivity index (χ3v) is 3.84. The Balaban J connectivity index is 2.26. The molecule has 5 nitrogen and oxygen atoms in total. The fraction of sp³-hybridized carbons (Fsp3) is 0.312. The van der Waals surface area contributed by atoms with Gasteiger partial charge in [0, 0.05) is 26.2 Å². The van der Waals surface area contributed by atoms with Crippen molar-refractivity contribution in [2.75, 3.05) is 18.0 Å². The molecule has 0 radical (unpaired) electrons. The number of fused-ring (bicyclic) bond motifs is 1. The summed E-state index contributed by atoms with van der Waals surface area (Å²) < 4.78 is 1.58. The summed E-state index contributed by atoms with van der Waals surface area (Å²) >= 11 is 0. The van der Waals surface area contributed by atoms with Gasteiger partial charge in [0.05, 0.1) is 11.2 Å². The largest absolute Gasteiger partial charge is 0.364 e. The second-order valence-corrected chi connectivity index (χ2v) is 5.34. The minimum atomic E-state index is -0.0536. The first-order chi connectivity index (χ1) is 10.1. The van der Waals surface area contributed by atoms with Crippen molar-refractivity contribution in [1.82, 2.24) is 9.55 Å². The van der Waals surface area contributed by atoms with Crippen LogP contribution in [0.2, 0.25) is 0 Å². The van der Waals surface area contributed by atoms with Crippen LogP contribution in [0.4, 0.5) is 11.5 Å². The molecule has 5 heteroatoms. The van der Waals surface area contributed by atoms with Crippen molar-refractivity contribution in [2.45, 2.75) is 13.3 Å². The van der Waals surface area contributed by atoms with E-state index in [1.54, 1.807) is 29.8 Å². The molecule has 0 atom stereocenters. The minimum Gasteiger partial charge on any atom is -0.364 e. The van der Waals surface area contributed by atoms with Crippen LogP contribution in [-0.4, -0.2) is 22.6 Å². The Morgan fingerprint density at radius 2 is 2.19 bits per heavy atom. The Hall–Kier alpha value is -2.61. The quantitative estimate of drug-likeness (QED) is 0.596. The molecule has 1 aliphatic heterocycles. The summed E-state index contributed by atoms with van der Waals surface area (Å²) in [6.45, 7) is 10.9. The molecule has 3 heterocycles. The van der Waals surface area contributed by atoms with Gasteiger partial charge in [-0.05, 0) is 25.5 Å². The molecule has 0 saturated heterocycles. The SMILES string of the molecule is [C-]#[N+]c1ccc2c(n1)c(N1CCC=C(C)C1)cc(=O)n2C. The van der Waals surface area contributed by atoms with Gasteiger partial charge in [0.1, 0.15) is 0 Å². The van der Waals surface area contributed by atoms with Gasteiger partial charge in [-0.3, -0.25) is 4.79 Å². The first-order valence-corrected chi connectivity index (χ1v) is 6.89.